The van der Waals surface area contributed by atoms with Gasteiger partial charge in [-0.25, -0.2) is 0 Å². The zero-order chi connectivity index (χ0) is 15.5. The van der Waals surface area contributed by atoms with E-state index >= 15 is 0 Å². The monoisotopic (exact) mass is 380 g/mol. The summed E-state index contributed by atoms with van der Waals surface area (Å²) in [6.45, 7) is 6.01. The summed E-state index contributed by atoms with van der Waals surface area (Å²) in [4.78, 5) is 10.9. The average molecular weight is 381 g/mol. The molecule has 3 fully saturated rings. The van der Waals surface area contributed by atoms with Crippen molar-refractivity contribution in [2.24, 2.45) is 16.9 Å². The van der Waals surface area contributed by atoms with Crippen molar-refractivity contribution in [2.75, 3.05) is 13.1 Å². The van der Waals surface area contributed by atoms with Crippen molar-refractivity contribution >= 4 is 23.0 Å². The molecule has 0 unspecified atom stereocenters. The Morgan fingerprint density at radius 3 is 2.30 bits per heavy atom. The van der Waals surface area contributed by atoms with Crippen LogP contribution in [0.25, 0.3) is 0 Å². The molecule has 0 spiro atoms. The van der Waals surface area contributed by atoms with Gasteiger partial charge in [0.2, 0.25) is 0 Å². The van der Waals surface area contributed by atoms with E-state index in [0.29, 0.717) is 0 Å². The first kappa shape index (κ1) is 18.3. The molecule has 5 nitrogen and oxygen atoms in total. The van der Waals surface area contributed by atoms with Gasteiger partial charge in [-0.3, -0.25) is 15.4 Å². The summed E-state index contributed by atoms with van der Waals surface area (Å²) in [6, 6.07) is 0. The number of hydrogen-bond donors (Lipinski definition) is 1. The average Bonchev–Trinajstić information content (AvgIpc) is 2.86. The van der Waals surface area contributed by atoms with Gasteiger partial charge in [0.05, 0.1) is 11.4 Å². The van der Waals surface area contributed by atoms with Crippen molar-refractivity contribution in [1.29, 1.82) is 0 Å². The Kier molecular flexibility index (Phi) is 6.50. The van der Waals surface area contributed by atoms with Crippen LogP contribution in [0.4, 0.5) is 0 Å². The summed E-state index contributed by atoms with van der Waals surface area (Å²) in [5.74, 6) is 1.59. The zero-order valence-electron chi connectivity index (χ0n) is 13.6. The Morgan fingerprint density at radius 1 is 1.17 bits per heavy atom. The second-order valence-corrected chi connectivity index (χ2v) is 6.78. The van der Waals surface area contributed by atoms with Gasteiger partial charge < -0.3 is 4.90 Å². The van der Waals surface area contributed by atoms with Gasteiger partial charge in [-0.2, -0.15) is 5.10 Å². The van der Waals surface area contributed by atoms with Crippen molar-refractivity contribution in [3.63, 3.8) is 0 Å². The number of rotatable bonds is 2. The van der Waals surface area contributed by atoms with Gasteiger partial charge in [0, 0.05) is 42.6 Å². The van der Waals surface area contributed by atoms with Gasteiger partial charge in [0.15, 0.2) is 5.11 Å². The van der Waals surface area contributed by atoms with Crippen LogP contribution in [0, 0.1) is 18.8 Å². The predicted octanol–water partition coefficient (Wildman–Crippen LogP) is 2.50. The second kappa shape index (κ2) is 8.17. The summed E-state index contributed by atoms with van der Waals surface area (Å²) < 4.78 is 0. The molecular weight excluding hydrogens is 358 g/mol. The zero-order valence-corrected chi connectivity index (χ0v) is 15.3. The van der Waals surface area contributed by atoms with Gasteiger partial charge in [-0.05, 0) is 63.6 Å². The van der Waals surface area contributed by atoms with E-state index in [2.05, 4.69) is 25.4 Å². The fraction of sp³-hybridized carbons (Fsp3) is 0.625. The first-order chi connectivity index (χ1) is 10.6. The minimum Gasteiger partial charge on any atom is -0.347 e. The number of nitrogens with one attached hydrogen (secondary N) is 1. The van der Waals surface area contributed by atoms with Gasteiger partial charge in [0.25, 0.3) is 0 Å². The standard InChI is InChI=1S/C16H23N5S.Cu/c1-11-15(18-8-7-17-11)12(2)19-20-16(22)21-9-13-3-4-14(10-21)6-5-13;/h7-8,13-14H,3-6,9-10H2,1-2H3,(H,20,22);/b19-12+;. The minimum atomic E-state index is 0. The molecule has 2 saturated heterocycles. The first-order valence-electron chi connectivity index (χ1n) is 8.00. The smallest absolute Gasteiger partial charge is 0.189 e. The number of nitrogens with zero attached hydrogens (tertiary/aromatic N) is 4. The maximum Gasteiger partial charge on any atom is 0.189 e. The third kappa shape index (κ3) is 4.49. The maximum atomic E-state index is 5.54. The van der Waals surface area contributed by atoms with Crippen molar-refractivity contribution in [3.05, 3.63) is 23.8 Å². The minimum absolute atomic E-state index is 0. The molecule has 1 N–H and O–H groups in total. The van der Waals surface area contributed by atoms with E-state index in [1.54, 1.807) is 12.4 Å². The Balaban J connectivity index is 0.00000192. The van der Waals surface area contributed by atoms with Crippen LogP contribution in [0.3, 0.4) is 0 Å². The molecule has 0 amide bonds. The summed E-state index contributed by atoms with van der Waals surface area (Å²) in [7, 11) is 0. The molecular formula is C16H23CuN5S. The molecule has 0 aromatic carbocycles. The summed E-state index contributed by atoms with van der Waals surface area (Å²) in [5, 5.41) is 5.15. The molecule has 1 aliphatic carbocycles. The molecule has 3 aliphatic rings. The topological polar surface area (TPSA) is 53.4 Å². The van der Waals surface area contributed by atoms with Crippen LogP contribution in [-0.4, -0.2) is 38.8 Å². The van der Waals surface area contributed by atoms with Crippen LogP contribution in [0.15, 0.2) is 17.5 Å². The Labute approximate surface area is 153 Å². The molecule has 1 aromatic heterocycles. The third-order valence-electron chi connectivity index (χ3n) is 4.75. The fourth-order valence-corrected chi connectivity index (χ4v) is 3.67. The van der Waals surface area contributed by atoms with Crippen LogP contribution in [0.2, 0.25) is 0 Å². The van der Waals surface area contributed by atoms with E-state index in [9.17, 15) is 0 Å². The van der Waals surface area contributed by atoms with Crippen molar-refractivity contribution < 1.29 is 17.1 Å². The van der Waals surface area contributed by atoms with Crippen LogP contribution < -0.4 is 5.43 Å². The van der Waals surface area contributed by atoms with E-state index in [-0.39, 0.29) is 17.1 Å². The number of fused-ring (bicyclic) bond motifs is 4. The normalized spacial score (nSPS) is 23.9. The quantitative estimate of drug-likeness (QED) is 0.370. The summed E-state index contributed by atoms with van der Waals surface area (Å²) in [5.41, 5.74) is 5.56. The van der Waals surface area contributed by atoms with Gasteiger partial charge in [-0.1, -0.05) is 0 Å². The molecule has 7 heteroatoms. The summed E-state index contributed by atoms with van der Waals surface area (Å²) in [6.07, 6.45) is 8.79. The molecule has 1 radical (unpaired) electrons. The fourth-order valence-electron chi connectivity index (χ4n) is 3.48. The number of hydrogen-bond acceptors (Lipinski definition) is 4. The van der Waals surface area contributed by atoms with Crippen LogP contribution in [-0.2, 0) is 17.1 Å². The number of aryl methyl sites for hydroxylation is 1. The van der Waals surface area contributed by atoms with E-state index in [4.69, 9.17) is 12.2 Å². The third-order valence-corrected chi connectivity index (χ3v) is 5.10. The van der Waals surface area contributed by atoms with Crippen molar-refractivity contribution in [1.82, 2.24) is 20.3 Å². The SMILES string of the molecule is C/C(=N\NC(=S)N1CC2CCC(CC2)C1)c1nccnc1C.[Cu]. The van der Waals surface area contributed by atoms with Gasteiger partial charge in [-0.15, -0.1) is 0 Å². The largest absolute Gasteiger partial charge is 0.347 e. The predicted molar refractivity (Wildman–Crippen MR) is 91.7 cm³/mol. The van der Waals surface area contributed by atoms with Crippen molar-refractivity contribution in [3.8, 4) is 0 Å². The van der Waals surface area contributed by atoms with Crippen molar-refractivity contribution in [2.45, 2.75) is 39.5 Å². The first-order valence-corrected chi connectivity index (χ1v) is 8.41. The second-order valence-electron chi connectivity index (χ2n) is 6.40. The summed E-state index contributed by atoms with van der Waals surface area (Å²) >= 11 is 5.54. The van der Waals surface area contributed by atoms with Gasteiger partial charge in [0.1, 0.15) is 5.69 Å². The number of thiocarbonyl (C=S) groups is 1. The molecule has 1 saturated carbocycles. The molecule has 4 rings (SSSR count). The molecule has 3 heterocycles. The van der Waals surface area contributed by atoms with Crippen LogP contribution in [0.5, 0.6) is 0 Å². The molecule has 23 heavy (non-hydrogen) atoms. The van der Waals surface area contributed by atoms with Crippen LogP contribution in [0.1, 0.15) is 44.0 Å². The van der Waals surface area contributed by atoms with Gasteiger partial charge >= 0.3 is 0 Å². The molecule has 129 valence electrons. The number of hydrazone groups is 1. The molecule has 2 bridgehead atoms. The van der Waals surface area contributed by atoms with Crippen LogP contribution >= 0.6 is 12.2 Å². The molecule has 0 atom stereocenters. The number of aromatic nitrogens is 2. The maximum absolute atomic E-state index is 5.54. The Hall–Kier alpha value is -1.04. The molecule has 2 aliphatic heterocycles. The van der Waals surface area contributed by atoms with E-state index < -0.39 is 0 Å². The molecule has 1 aromatic rings. The Morgan fingerprint density at radius 2 is 1.74 bits per heavy atom. The van der Waals surface area contributed by atoms with E-state index in [1.165, 1.54) is 25.7 Å². The van der Waals surface area contributed by atoms with E-state index in [0.717, 1.165) is 47.1 Å². The Bertz CT molecular complexity index is 570. The van der Waals surface area contributed by atoms with E-state index in [1.807, 2.05) is 13.8 Å².